The predicted molar refractivity (Wildman–Crippen MR) is 84.9 cm³/mol. The van der Waals surface area contributed by atoms with Crippen molar-refractivity contribution in [1.82, 2.24) is 20.2 Å². The first-order valence-electron chi connectivity index (χ1n) is 7.45. The minimum Gasteiger partial charge on any atom is -0.329 e. The van der Waals surface area contributed by atoms with Gasteiger partial charge >= 0.3 is 12.2 Å². The zero-order chi connectivity index (χ0) is 18.3. The molecule has 6 nitrogen and oxygen atoms in total. The van der Waals surface area contributed by atoms with E-state index in [4.69, 9.17) is 0 Å². The fraction of sp³-hybridized carbons (Fsp3) is 0.643. The Morgan fingerprint density at radius 2 is 1.96 bits per heavy atom. The number of carbonyl (C=O) groups is 2. The lowest BCUT2D eigenvalue weighted by atomic mass is 10.3. The third kappa shape index (κ3) is 6.81. The number of nitrogens with one attached hydrogen (secondary N) is 2. The summed E-state index contributed by atoms with van der Waals surface area (Å²) in [7, 11) is 0. The van der Waals surface area contributed by atoms with E-state index >= 15 is 0 Å². The van der Waals surface area contributed by atoms with Gasteiger partial charge in [0.15, 0.2) is 5.16 Å². The van der Waals surface area contributed by atoms with E-state index in [1.807, 2.05) is 23.7 Å². The van der Waals surface area contributed by atoms with Crippen LogP contribution in [0, 0.1) is 13.8 Å². The topological polar surface area (TPSA) is 76.0 Å². The van der Waals surface area contributed by atoms with Gasteiger partial charge in [0.1, 0.15) is 6.54 Å². The maximum atomic E-state index is 12.0. The van der Waals surface area contributed by atoms with Crippen LogP contribution in [0.15, 0.2) is 5.16 Å². The normalized spacial score (nSPS) is 11.4. The maximum absolute atomic E-state index is 12.0. The number of halogens is 3. The minimum atomic E-state index is -4.52. The van der Waals surface area contributed by atoms with Crippen LogP contribution in [0.5, 0.6) is 0 Å². The molecule has 2 N–H and O–H groups in total. The molecule has 0 aliphatic rings. The molecule has 0 aliphatic carbocycles. The first kappa shape index (κ1) is 20.3. The lowest BCUT2D eigenvalue weighted by Crippen LogP contribution is -2.43. The number of alkyl halides is 3. The standard InChI is InChI=1S/C14H21F3N4O2S/c1-4-5-6-21-10(3)9(2)19-13(21)24-7-11(22)20-12(23)18-8-14(15,16)17/h4-8H2,1-3H3,(H2,18,20,22,23). The van der Waals surface area contributed by atoms with Crippen LogP contribution in [-0.4, -0.2) is 40.0 Å². The molecule has 0 fully saturated rings. The maximum Gasteiger partial charge on any atom is 0.405 e. The number of rotatable bonds is 7. The number of hydrogen-bond acceptors (Lipinski definition) is 4. The number of aryl methyl sites for hydroxylation is 1. The van der Waals surface area contributed by atoms with Gasteiger partial charge in [-0.05, 0) is 20.3 Å². The highest BCUT2D eigenvalue weighted by Crippen LogP contribution is 2.21. The van der Waals surface area contributed by atoms with Crippen molar-refractivity contribution < 1.29 is 22.8 Å². The smallest absolute Gasteiger partial charge is 0.329 e. The summed E-state index contributed by atoms with van der Waals surface area (Å²) in [6.07, 6.45) is -2.54. The Morgan fingerprint density at radius 1 is 1.29 bits per heavy atom. The van der Waals surface area contributed by atoms with Crippen LogP contribution in [0.25, 0.3) is 0 Å². The van der Waals surface area contributed by atoms with Gasteiger partial charge < -0.3 is 9.88 Å². The van der Waals surface area contributed by atoms with Crippen LogP contribution in [0.1, 0.15) is 31.2 Å². The summed E-state index contributed by atoms with van der Waals surface area (Å²) in [5.74, 6) is -0.790. The lowest BCUT2D eigenvalue weighted by molar-refractivity contribution is -0.124. The molecule has 3 amide bonds. The summed E-state index contributed by atoms with van der Waals surface area (Å²) < 4.78 is 37.9. The quantitative estimate of drug-likeness (QED) is 0.728. The van der Waals surface area contributed by atoms with Gasteiger partial charge in [-0.25, -0.2) is 9.78 Å². The number of urea groups is 1. The molecule has 0 unspecified atom stereocenters. The highest BCUT2D eigenvalue weighted by Gasteiger charge is 2.28. The molecule has 1 rings (SSSR count). The molecule has 1 aromatic heterocycles. The number of aromatic nitrogens is 2. The Labute approximate surface area is 142 Å². The van der Waals surface area contributed by atoms with Crippen molar-refractivity contribution in [3.8, 4) is 0 Å². The van der Waals surface area contributed by atoms with Gasteiger partial charge in [-0.15, -0.1) is 0 Å². The van der Waals surface area contributed by atoms with Crippen LogP contribution in [-0.2, 0) is 11.3 Å². The molecule has 10 heteroatoms. The average Bonchev–Trinajstić information content (AvgIpc) is 2.75. The molecule has 0 atom stereocenters. The third-order valence-electron chi connectivity index (χ3n) is 3.19. The second kappa shape index (κ2) is 8.95. The zero-order valence-electron chi connectivity index (χ0n) is 13.8. The molecule has 136 valence electrons. The van der Waals surface area contributed by atoms with E-state index in [9.17, 15) is 22.8 Å². The molecule has 1 heterocycles. The third-order valence-corrected chi connectivity index (χ3v) is 4.17. The Hall–Kier alpha value is -1.71. The largest absolute Gasteiger partial charge is 0.405 e. The molecule has 0 aromatic carbocycles. The van der Waals surface area contributed by atoms with Gasteiger partial charge in [0, 0.05) is 12.2 Å². The van der Waals surface area contributed by atoms with Crippen LogP contribution in [0.3, 0.4) is 0 Å². The van der Waals surface area contributed by atoms with Gasteiger partial charge in [0.25, 0.3) is 0 Å². The van der Waals surface area contributed by atoms with E-state index in [1.54, 1.807) is 5.32 Å². The fourth-order valence-electron chi connectivity index (χ4n) is 1.83. The highest BCUT2D eigenvalue weighted by molar-refractivity contribution is 7.99. The molecule has 0 saturated carbocycles. The molecular formula is C14H21F3N4O2S. The SMILES string of the molecule is CCCCn1c(SCC(=O)NC(=O)NCC(F)(F)F)nc(C)c1C. The summed E-state index contributed by atoms with van der Waals surface area (Å²) in [6.45, 7) is 5.16. The number of nitrogens with zero attached hydrogens (tertiary/aromatic N) is 2. The van der Waals surface area contributed by atoms with Crippen LogP contribution in [0.2, 0.25) is 0 Å². The predicted octanol–water partition coefficient (Wildman–Crippen LogP) is 2.78. The fourth-order valence-corrected chi connectivity index (χ4v) is 2.75. The van der Waals surface area contributed by atoms with Crippen molar-refractivity contribution in [1.29, 1.82) is 0 Å². The van der Waals surface area contributed by atoms with E-state index in [2.05, 4.69) is 11.9 Å². The molecular weight excluding hydrogens is 345 g/mol. The minimum absolute atomic E-state index is 0.110. The summed E-state index contributed by atoms with van der Waals surface area (Å²) in [5.41, 5.74) is 1.87. The molecule has 24 heavy (non-hydrogen) atoms. The summed E-state index contributed by atoms with van der Waals surface area (Å²) in [5, 5.41) is 4.09. The van der Waals surface area contributed by atoms with Crippen molar-refractivity contribution in [2.24, 2.45) is 0 Å². The number of amides is 3. The average molecular weight is 366 g/mol. The second-order valence-corrected chi connectivity index (χ2v) is 6.15. The van der Waals surface area contributed by atoms with Crippen molar-refractivity contribution >= 4 is 23.7 Å². The molecule has 0 aliphatic heterocycles. The Morgan fingerprint density at radius 3 is 2.54 bits per heavy atom. The lowest BCUT2D eigenvalue weighted by Gasteiger charge is -2.10. The first-order valence-corrected chi connectivity index (χ1v) is 8.43. The van der Waals surface area contributed by atoms with E-state index in [0.717, 1.165) is 42.5 Å². The van der Waals surface area contributed by atoms with Gasteiger partial charge in [-0.2, -0.15) is 13.2 Å². The van der Waals surface area contributed by atoms with E-state index in [0.29, 0.717) is 5.16 Å². The number of carbonyl (C=O) groups excluding carboxylic acids is 2. The van der Waals surface area contributed by atoms with Crippen molar-refractivity contribution in [3.05, 3.63) is 11.4 Å². The van der Waals surface area contributed by atoms with Crippen molar-refractivity contribution in [2.45, 2.75) is 51.5 Å². The molecule has 0 spiro atoms. The Balaban J connectivity index is 2.52. The van der Waals surface area contributed by atoms with E-state index in [1.165, 1.54) is 0 Å². The summed E-state index contributed by atoms with van der Waals surface area (Å²) >= 11 is 1.14. The molecule has 0 saturated heterocycles. The number of hydrogen-bond donors (Lipinski definition) is 2. The number of imidazole rings is 1. The Kier molecular flexibility index (Phi) is 7.59. The second-order valence-electron chi connectivity index (χ2n) is 5.21. The molecule has 0 radical (unpaired) electrons. The van der Waals surface area contributed by atoms with E-state index < -0.39 is 24.7 Å². The van der Waals surface area contributed by atoms with Crippen LogP contribution in [0.4, 0.5) is 18.0 Å². The van der Waals surface area contributed by atoms with Crippen LogP contribution >= 0.6 is 11.8 Å². The summed E-state index contributed by atoms with van der Waals surface area (Å²) in [6, 6.07) is -1.17. The molecule has 0 bridgehead atoms. The number of thioether (sulfide) groups is 1. The van der Waals surface area contributed by atoms with Crippen LogP contribution < -0.4 is 10.6 Å². The summed E-state index contributed by atoms with van der Waals surface area (Å²) in [4.78, 5) is 27.2. The first-order chi connectivity index (χ1) is 11.1. The van der Waals surface area contributed by atoms with Crippen molar-refractivity contribution in [3.63, 3.8) is 0 Å². The monoisotopic (exact) mass is 366 g/mol. The van der Waals surface area contributed by atoms with Gasteiger partial charge in [0.2, 0.25) is 5.91 Å². The van der Waals surface area contributed by atoms with Gasteiger partial charge in [-0.1, -0.05) is 25.1 Å². The van der Waals surface area contributed by atoms with Gasteiger partial charge in [-0.3, -0.25) is 10.1 Å². The number of unbranched alkanes of at least 4 members (excludes halogenated alkanes) is 1. The Bertz CT molecular complexity index is 587. The highest BCUT2D eigenvalue weighted by atomic mass is 32.2. The zero-order valence-corrected chi connectivity index (χ0v) is 14.6. The van der Waals surface area contributed by atoms with Crippen molar-refractivity contribution in [2.75, 3.05) is 12.3 Å². The number of imide groups is 1. The van der Waals surface area contributed by atoms with E-state index in [-0.39, 0.29) is 5.75 Å². The van der Waals surface area contributed by atoms with Gasteiger partial charge in [0.05, 0.1) is 11.4 Å². The molecule has 1 aromatic rings.